The van der Waals surface area contributed by atoms with Crippen molar-refractivity contribution in [3.05, 3.63) is 48.3 Å². The van der Waals surface area contributed by atoms with Gasteiger partial charge in [0.2, 0.25) is 0 Å². The lowest BCUT2D eigenvalue weighted by Crippen LogP contribution is -2.42. The van der Waals surface area contributed by atoms with Crippen molar-refractivity contribution in [3.63, 3.8) is 0 Å². The van der Waals surface area contributed by atoms with E-state index in [-0.39, 0.29) is 12.1 Å². The standard InChI is InChI=1S/C20H23N7O/c21-14-4-1-2-5-15(14)26-18-8-7-13(19(22)28)20(27-18)25-12-10-17-16(24-11-12)6-3-9-23-17/h3,6-11,14-15H,1-2,4-5,21H2,(H2,22,28)(H2,25,26,27)/t14-,15+/m0/s1. The zero-order valence-corrected chi connectivity index (χ0v) is 15.4. The maximum absolute atomic E-state index is 11.9. The predicted octanol–water partition coefficient (Wildman–Crippen LogP) is 2.55. The van der Waals surface area contributed by atoms with Gasteiger partial charge in [0.1, 0.15) is 11.6 Å². The number of aromatic nitrogens is 3. The molecule has 0 saturated heterocycles. The monoisotopic (exact) mass is 377 g/mol. The van der Waals surface area contributed by atoms with Gasteiger partial charge in [0.05, 0.1) is 28.5 Å². The number of primary amides is 1. The van der Waals surface area contributed by atoms with Gasteiger partial charge < -0.3 is 22.1 Å². The topological polar surface area (TPSA) is 132 Å². The van der Waals surface area contributed by atoms with E-state index in [2.05, 4.69) is 25.6 Å². The van der Waals surface area contributed by atoms with Crippen LogP contribution in [0.4, 0.5) is 17.3 Å². The van der Waals surface area contributed by atoms with Crippen LogP contribution in [-0.2, 0) is 0 Å². The molecule has 3 heterocycles. The van der Waals surface area contributed by atoms with E-state index in [1.54, 1.807) is 24.5 Å². The van der Waals surface area contributed by atoms with E-state index < -0.39 is 5.91 Å². The first-order valence-corrected chi connectivity index (χ1v) is 9.41. The molecule has 8 heteroatoms. The molecule has 8 nitrogen and oxygen atoms in total. The highest BCUT2D eigenvalue weighted by molar-refractivity contribution is 5.98. The lowest BCUT2D eigenvalue weighted by atomic mass is 9.91. The minimum Gasteiger partial charge on any atom is -0.366 e. The van der Waals surface area contributed by atoms with Gasteiger partial charge in [0.25, 0.3) is 5.91 Å². The Kier molecular flexibility index (Phi) is 5.03. The Morgan fingerprint density at radius 1 is 1.11 bits per heavy atom. The van der Waals surface area contributed by atoms with Crippen LogP contribution in [0.3, 0.4) is 0 Å². The Bertz CT molecular complexity index is 1010. The molecule has 3 aromatic rings. The van der Waals surface area contributed by atoms with Crippen LogP contribution in [0, 0.1) is 0 Å². The lowest BCUT2D eigenvalue weighted by molar-refractivity contribution is 0.100. The van der Waals surface area contributed by atoms with Crippen LogP contribution in [0.1, 0.15) is 36.0 Å². The third-order valence-electron chi connectivity index (χ3n) is 5.03. The zero-order chi connectivity index (χ0) is 19.5. The van der Waals surface area contributed by atoms with E-state index in [1.165, 1.54) is 0 Å². The molecule has 28 heavy (non-hydrogen) atoms. The summed E-state index contributed by atoms with van der Waals surface area (Å²) in [6.07, 6.45) is 7.68. The van der Waals surface area contributed by atoms with Gasteiger partial charge in [-0.1, -0.05) is 12.8 Å². The van der Waals surface area contributed by atoms with E-state index in [9.17, 15) is 4.79 Å². The molecule has 1 saturated carbocycles. The lowest BCUT2D eigenvalue weighted by Gasteiger charge is -2.29. The minimum atomic E-state index is -0.553. The van der Waals surface area contributed by atoms with Crippen molar-refractivity contribution in [2.24, 2.45) is 11.5 Å². The smallest absolute Gasteiger partial charge is 0.252 e. The third-order valence-corrected chi connectivity index (χ3v) is 5.03. The Morgan fingerprint density at radius 2 is 1.96 bits per heavy atom. The SMILES string of the molecule is NC(=O)c1ccc(N[C@@H]2CCCC[C@@H]2N)nc1Nc1cnc2cccnc2c1. The Morgan fingerprint density at radius 3 is 2.79 bits per heavy atom. The van der Waals surface area contributed by atoms with Crippen LogP contribution < -0.4 is 22.1 Å². The molecule has 3 aromatic heterocycles. The number of nitrogens with two attached hydrogens (primary N) is 2. The van der Waals surface area contributed by atoms with Crippen LogP contribution in [-0.4, -0.2) is 32.9 Å². The molecular formula is C20H23N7O. The number of pyridine rings is 3. The number of amides is 1. The van der Waals surface area contributed by atoms with Crippen LogP contribution in [0.5, 0.6) is 0 Å². The molecular weight excluding hydrogens is 354 g/mol. The molecule has 0 unspecified atom stereocenters. The summed E-state index contributed by atoms with van der Waals surface area (Å²) in [6.45, 7) is 0. The number of carbonyl (C=O) groups is 1. The van der Waals surface area contributed by atoms with E-state index >= 15 is 0 Å². The van der Waals surface area contributed by atoms with Crippen LogP contribution in [0.15, 0.2) is 42.7 Å². The fourth-order valence-electron chi connectivity index (χ4n) is 3.52. The normalized spacial score (nSPS) is 19.3. The Labute approximate surface area is 162 Å². The zero-order valence-electron chi connectivity index (χ0n) is 15.4. The minimum absolute atomic E-state index is 0.0959. The molecule has 4 rings (SSSR count). The van der Waals surface area contributed by atoms with Crippen LogP contribution >= 0.6 is 0 Å². The van der Waals surface area contributed by atoms with E-state index in [1.807, 2.05) is 18.2 Å². The molecule has 0 aliphatic heterocycles. The summed E-state index contributed by atoms with van der Waals surface area (Å²) in [5.41, 5.74) is 14.3. The number of fused-ring (bicyclic) bond motifs is 1. The van der Waals surface area contributed by atoms with Crippen molar-refractivity contribution in [1.29, 1.82) is 0 Å². The summed E-state index contributed by atoms with van der Waals surface area (Å²) < 4.78 is 0. The van der Waals surface area contributed by atoms with Gasteiger partial charge in [-0.25, -0.2) is 4.98 Å². The van der Waals surface area contributed by atoms with Crippen molar-refractivity contribution >= 4 is 34.3 Å². The quantitative estimate of drug-likeness (QED) is 0.537. The largest absolute Gasteiger partial charge is 0.366 e. The van der Waals surface area contributed by atoms with E-state index in [0.717, 1.165) is 36.7 Å². The first kappa shape index (κ1) is 18.1. The maximum atomic E-state index is 11.9. The number of carbonyl (C=O) groups excluding carboxylic acids is 1. The highest BCUT2D eigenvalue weighted by Gasteiger charge is 2.22. The molecule has 0 aromatic carbocycles. The summed E-state index contributed by atoms with van der Waals surface area (Å²) in [4.78, 5) is 25.1. The summed E-state index contributed by atoms with van der Waals surface area (Å²) in [7, 11) is 0. The fraction of sp³-hybridized carbons (Fsp3) is 0.300. The van der Waals surface area contributed by atoms with Crippen molar-refractivity contribution in [2.45, 2.75) is 37.8 Å². The van der Waals surface area contributed by atoms with Crippen molar-refractivity contribution in [1.82, 2.24) is 15.0 Å². The van der Waals surface area contributed by atoms with Gasteiger partial charge in [0.15, 0.2) is 0 Å². The Hall–Kier alpha value is -3.26. The van der Waals surface area contributed by atoms with Gasteiger partial charge >= 0.3 is 0 Å². The van der Waals surface area contributed by atoms with Gasteiger partial charge in [-0.2, -0.15) is 0 Å². The second kappa shape index (κ2) is 7.77. The van der Waals surface area contributed by atoms with E-state index in [4.69, 9.17) is 11.5 Å². The number of nitrogens with zero attached hydrogens (tertiary/aromatic N) is 3. The highest BCUT2D eigenvalue weighted by Crippen LogP contribution is 2.25. The van der Waals surface area contributed by atoms with Crippen molar-refractivity contribution in [3.8, 4) is 0 Å². The number of rotatable bonds is 5. The molecule has 6 N–H and O–H groups in total. The average Bonchev–Trinajstić information content (AvgIpc) is 2.70. The molecule has 1 aliphatic rings. The third kappa shape index (κ3) is 3.86. The summed E-state index contributed by atoms with van der Waals surface area (Å²) in [6, 6.07) is 9.26. The van der Waals surface area contributed by atoms with Gasteiger partial charge in [-0.15, -0.1) is 0 Å². The first-order chi connectivity index (χ1) is 13.6. The second-order valence-electron chi connectivity index (χ2n) is 7.05. The maximum Gasteiger partial charge on any atom is 0.252 e. The molecule has 0 radical (unpaired) electrons. The predicted molar refractivity (Wildman–Crippen MR) is 109 cm³/mol. The average molecular weight is 377 g/mol. The molecule has 1 fully saturated rings. The molecule has 1 amide bonds. The molecule has 0 bridgehead atoms. The molecule has 144 valence electrons. The summed E-state index contributed by atoms with van der Waals surface area (Å²) in [5.74, 6) is 0.475. The molecule has 1 aliphatic carbocycles. The molecule has 2 atom stereocenters. The van der Waals surface area contributed by atoms with Crippen LogP contribution in [0.2, 0.25) is 0 Å². The fourth-order valence-corrected chi connectivity index (χ4v) is 3.52. The van der Waals surface area contributed by atoms with Crippen molar-refractivity contribution in [2.75, 3.05) is 10.6 Å². The highest BCUT2D eigenvalue weighted by atomic mass is 16.1. The molecule has 0 spiro atoms. The van der Waals surface area contributed by atoms with Crippen LogP contribution in [0.25, 0.3) is 11.0 Å². The number of hydrogen-bond acceptors (Lipinski definition) is 7. The van der Waals surface area contributed by atoms with Gasteiger partial charge in [-0.3, -0.25) is 14.8 Å². The van der Waals surface area contributed by atoms with Gasteiger partial charge in [0, 0.05) is 18.3 Å². The van der Waals surface area contributed by atoms with Crippen molar-refractivity contribution < 1.29 is 4.79 Å². The summed E-state index contributed by atoms with van der Waals surface area (Å²) >= 11 is 0. The second-order valence-corrected chi connectivity index (χ2v) is 7.05. The number of anilines is 3. The summed E-state index contributed by atoms with van der Waals surface area (Å²) in [5, 5.41) is 6.55. The first-order valence-electron chi connectivity index (χ1n) is 9.41. The Balaban J connectivity index is 1.62. The van der Waals surface area contributed by atoms with Gasteiger partial charge in [-0.05, 0) is 43.2 Å². The number of hydrogen-bond donors (Lipinski definition) is 4. The number of nitrogens with one attached hydrogen (secondary N) is 2. The van der Waals surface area contributed by atoms with E-state index in [0.29, 0.717) is 22.9 Å².